The van der Waals surface area contributed by atoms with Crippen LogP contribution in [0.1, 0.15) is 25.0 Å². The van der Waals surface area contributed by atoms with Crippen LogP contribution in [0.3, 0.4) is 0 Å². The van der Waals surface area contributed by atoms with E-state index >= 15 is 0 Å². The number of nitrogens with one attached hydrogen (secondary N) is 1. The van der Waals surface area contributed by atoms with Crippen molar-refractivity contribution < 1.29 is 4.74 Å². The maximum absolute atomic E-state index is 5.70. The summed E-state index contributed by atoms with van der Waals surface area (Å²) in [5.74, 6) is 0.937. The van der Waals surface area contributed by atoms with Crippen molar-refractivity contribution in [2.24, 2.45) is 0 Å². The van der Waals surface area contributed by atoms with Gasteiger partial charge in [0.25, 0.3) is 0 Å². The first-order chi connectivity index (χ1) is 9.74. The molecule has 0 atom stereocenters. The summed E-state index contributed by atoms with van der Waals surface area (Å²) in [5.41, 5.74) is 2.64. The van der Waals surface area contributed by atoms with E-state index < -0.39 is 0 Å². The van der Waals surface area contributed by atoms with E-state index in [1.807, 2.05) is 18.2 Å². The van der Waals surface area contributed by atoms with Gasteiger partial charge in [0.05, 0.1) is 0 Å². The van der Waals surface area contributed by atoms with E-state index in [0.717, 1.165) is 18.7 Å². The van der Waals surface area contributed by atoms with Gasteiger partial charge in [-0.05, 0) is 29.7 Å². The van der Waals surface area contributed by atoms with Gasteiger partial charge in [0.2, 0.25) is 0 Å². The minimum atomic E-state index is 0.506. The lowest BCUT2D eigenvalue weighted by atomic mass is 10.1. The van der Waals surface area contributed by atoms with Gasteiger partial charge in [-0.15, -0.1) is 0 Å². The lowest BCUT2D eigenvalue weighted by Crippen LogP contribution is -2.27. The second-order valence-electron chi connectivity index (χ2n) is 5.26. The molecular weight excluding hydrogens is 246 g/mol. The van der Waals surface area contributed by atoms with Crippen molar-refractivity contribution in [1.29, 1.82) is 0 Å². The number of hydrogen-bond donors (Lipinski definition) is 1. The maximum Gasteiger partial charge on any atom is 0.119 e. The molecule has 0 aliphatic heterocycles. The molecule has 0 spiro atoms. The molecule has 0 saturated heterocycles. The fourth-order valence-corrected chi connectivity index (χ4v) is 2.05. The van der Waals surface area contributed by atoms with Gasteiger partial charge in [-0.25, -0.2) is 0 Å². The monoisotopic (exact) mass is 269 g/mol. The molecule has 1 N–H and O–H groups in total. The SMILES string of the molecule is CC(C)NCCOc1ccc(Cc2ccccc2)cc1. The molecule has 20 heavy (non-hydrogen) atoms. The minimum Gasteiger partial charge on any atom is -0.492 e. The van der Waals surface area contributed by atoms with E-state index in [1.165, 1.54) is 11.1 Å². The van der Waals surface area contributed by atoms with Gasteiger partial charge in [-0.2, -0.15) is 0 Å². The zero-order valence-corrected chi connectivity index (χ0v) is 12.3. The summed E-state index contributed by atoms with van der Waals surface area (Å²) in [6.45, 7) is 5.86. The lowest BCUT2D eigenvalue weighted by molar-refractivity contribution is 0.309. The topological polar surface area (TPSA) is 21.3 Å². The number of benzene rings is 2. The van der Waals surface area contributed by atoms with Crippen molar-refractivity contribution in [2.45, 2.75) is 26.3 Å². The van der Waals surface area contributed by atoms with E-state index in [-0.39, 0.29) is 0 Å². The average molecular weight is 269 g/mol. The van der Waals surface area contributed by atoms with Crippen molar-refractivity contribution in [3.8, 4) is 5.75 Å². The largest absolute Gasteiger partial charge is 0.492 e. The van der Waals surface area contributed by atoms with Gasteiger partial charge < -0.3 is 10.1 Å². The molecule has 2 aromatic carbocycles. The summed E-state index contributed by atoms with van der Waals surface area (Å²) in [6.07, 6.45) is 0.968. The molecule has 2 aromatic rings. The lowest BCUT2D eigenvalue weighted by Gasteiger charge is -2.10. The maximum atomic E-state index is 5.70. The molecule has 2 heteroatoms. The summed E-state index contributed by atoms with van der Waals surface area (Å²) in [5, 5.41) is 3.33. The number of hydrogen-bond acceptors (Lipinski definition) is 2. The molecule has 106 valence electrons. The van der Waals surface area contributed by atoms with Crippen LogP contribution in [0, 0.1) is 0 Å². The Morgan fingerprint density at radius 1 is 0.900 bits per heavy atom. The first kappa shape index (κ1) is 14.6. The van der Waals surface area contributed by atoms with Crippen LogP contribution in [-0.2, 0) is 6.42 Å². The van der Waals surface area contributed by atoms with Crippen LogP contribution in [0.25, 0.3) is 0 Å². The number of rotatable bonds is 7. The standard InChI is InChI=1S/C18H23NO/c1-15(2)19-12-13-20-18-10-8-17(9-11-18)14-16-6-4-3-5-7-16/h3-11,15,19H,12-14H2,1-2H3. The first-order valence-electron chi connectivity index (χ1n) is 7.23. The highest BCUT2D eigenvalue weighted by molar-refractivity contribution is 5.31. The van der Waals surface area contributed by atoms with Gasteiger partial charge in [-0.3, -0.25) is 0 Å². The van der Waals surface area contributed by atoms with E-state index in [9.17, 15) is 0 Å². The fourth-order valence-electron chi connectivity index (χ4n) is 2.05. The minimum absolute atomic E-state index is 0.506. The van der Waals surface area contributed by atoms with Gasteiger partial charge in [0.1, 0.15) is 12.4 Å². The molecule has 0 aromatic heterocycles. The molecule has 0 unspecified atom stereocenters. The van der Waals surface area contributed by atoms with Gasteiger partial charge in [0, 0.05) is 12.6 Å². The van der Waals surface area contributed by atoms with E-state index in [2.05, 4.69) is 55.6 Å². The highest BCUT2D eigenvalue weighted by Crippen LogP contribution is 2.15. The van der Waals surface area contributed by atoms with Crippen molar-refractivity contribution in [2.75, 3.05) is 13.2 Å². The second-order valence-corrected chi connectivity index (χ2v) is 5.26. The Hall–Kier alpha value is -1.80. The smallest absolute Gasteiger partial charge is 0.119 e. The molecule has 0 aliphatic carbocycles. The zero-order chi connectivity index (χ0) is 14.2. The van der Waals surface area contributed by atoms with Crippen LogP contribution < -0.4 is 10.1 Å². The third-order valence-electron chi connectivity index (χ3n) is 3.10. The Balaban J connectivity index is 1.81. The predicted molar refractivity (Wildman–Crippen MR) is 84.3 cm³/mol. The molecular formula is C18H23NO. The summed E-state index contributed by atoms with van der Waals surface area (Å²) < 4.78 is 5.70. The number of ether oxygens (including phenoxy) is 1. The third-order valence-corrected chi connectivity index (χ3v) is 3.10. The molecule has 0 saturated carbocycles. The molecule has 0 radical (unpaired) electrons. The quantitative estimate of drug-likeness (QED) is 0.775. The second kappa shape index (κ2) is 7.71. The molecule has 2 rings (SSSR count). The normalized spacial score (nSPS) is 10.8. The van der Waals surface area contributed by atoms with Crippen molar-refractivity contribution >= 4 is 0 Å². The highest BCUT2D eigenvalue weighted by Gasteiger charge is 1.98. The van der Waals surface area contributed by atoms with Gasteiger partial charge >= 0.3 is 0 Å². The van der Waals surface area contributed by atoms with Crippen molar-refractivity contribution in [1.82, 2.24) is 5.32 Å². The molecule has 2 nitrogen and oxygen atoms in total. The first-order valence-corrected chi connectivity index (χ1v) is 7.23. The Morgan fingerprint density at radius 3 is 2.20 bits per heavy atom. The Bertz CT molecular complexity index is 491. The van der Waals surface area contributed by atoms with Crippen LogP contribution in [0.15, 0.2) is 54.6 Å². The molecule has 0 amide bonds. The Labute approximate surface area is 121 Å². The van der Waals surface area contributed by atoms with Crippen LogP contribution in [-0.4, -0.2) is 19.2 Å². The summed E-state index contributed by atoms with van der Waals surface area (Å²) in [7, 11) is 0. The molecule has 0 bridgehead atoms. The summed E-state index contributed by atoms with van der Waals surface area (Å²) in [6, 6.07) is 19.4. The average Bonchev–Trinajstić information content (AvgIpc) is 2.46. The van der Waals surface area contributed by atoms with Crippen LogP contribution >= 0.6 is 0 Å². The molecule has 0 aliphatic rings. The van der Waals surface area contributed by atoms with Gasteiger partial charge in [-0.1, -0.05) is 56.3 Å². The zero-order valence-electron chi connectivity index (χ0n) is 12.3. The fraction of sp³-hybridized carbons (Fsp3) is 0.333. The van der Waals surface area contributed by atoms with Crippen LogP contribution in [0.2, 0.25) is 0 Å². The van der Waals surface area contributed by atoms with Crippen molar-refractivity contribution in [3.63, 3.8) is 0 Å². The third kappa shape index (κ3) is 5.06. The van der Waals surface area contributed by atoms with Crippen LogP contribution in [0.4, 0.5) is 0 Å². The van der Waals surface area contributed by atoms with E-state index in [0.29, 0.717) is 12.6 Å². The van der Waals surface area contributed by atoms with Crippen molar-refractivity contribution in [3.05, 3.63) is 65.7 Å². The Kier molecular flexibility index (Phi) is 5.63. The molecule has 0 heterocycles. The predicted octanol–water partition coefficient (Wildman–Crippen LogP) is 3.65. The van der Waals surface area contributed by atoms with E-state index in [4.69, 9.17) is 4.74 Å². The van der Waals surface area contributed by atoms with E-state index in [1.54, 1.807) is 0 Å². The summed E-state index contributed by atoms with van der Waals surface area (Å²) >= 11 is 0. The highest BCUT2D eigenvalue weighted by atomic mass is 16.5. The Morgan fingerprint density at radius 2 is 1.55 bits per heavy atom. The van der Waals surface area contributed by atoms with Gasteiger partial charge in [0.15, 0.2) is 0 Å². The summed E-state index contributed by atoms with van der Waals surface area (Å²) in [4.78, 5) is 0. The molecule has 0 fully saturated rings. The van der Waals surface area contributed by atoms with Crippen LogP contribution in [0.5, 0.6) is 5.75 Å².